The fourth-order valence-corrected chi connectivity index (χ4v) is 7.19. The van der Waals surface area contributed by atoms with Gasteiger partial charge in [0.25, 0.3) is 0 Å². The first-order valence-corrected chi connectivity index (χ1v) is 15.8. The quantitative estimate of drug-likeness (QED) is 0.302. The molecule has 0 bridgehead atoms. The Hall–Kier alpha value is -1.68. The molecule has 1 aliphatic rings. The Labute approximate surface area is 243 Å². The van der Waals surface area contributed by atoms with Crippen LogP contribution >= 0.6 is 23.2 Å². The predicted octanol–water partition coefficient (Wildman–Crippen LogP) is 6.57. The van der Waals surface area contributed by atoms with E-state index in [-0.39, 0.29) is 16.3 Å². The predicted molar refractivity (Wildman–Crippen MR) is 158 cm³/mol. The number of quaternary nitrogens is 1. The molecule has 1 amide bonds. The Morgan fingerprint density at radius 1 is 1.13 bits per heavy atom. The molecule has 2 N–H and O–H groups in total. The molecule has 1 fully saturated rings. The van der Waals surface area contributed by atoms with Crippen LogP contribution in [0.25, 0.3) is 0 Å². The number of carbonyl (C=O) groups is 1. The third kappa shape index (κ3) is 7.16. The van der Waals surface area contributed by atoms with Crippen LogP contribution in [0.15, 0.2) is 47.4 Å². The third-order valence-corrected chi connectivity index (χ3v) is 10.7. The number of likely N-dealkylation sites (N-methyl/N-ethyl adjacent to an activating group) is 1. The van der Waals surface area contributed by atoms with E-state index >= 15 is 0 Å². The number of hydrogen-bond acceptors (Lipinski definition) is 4. The Morgan fingerprint density at radius 3 is 2.31 bits per heavy atom. The smallest absolute Gasteiger partial charge is 0.435 e. The van der Waals surface area contributed by atoms with Crippen molar-refractivity contribution >= 4 is 39.3 Å². The average Bonchev–Trinajstić information content (AvgIpc) is 2.90. The molecule has 10 heteroatoms. The van der Waals surface area contributed by atoms with Gasteiger partial charge in [-0.3, -0.25) is 0 Å². The molecule has 216 valence electrons. The van der Waals surface area contributed by atoms with Crippen molar-refractivity contribution in [1.29, 1.82) is 0 Å². The summed E-state index contributed by atoms with van der Waals surface area (Å²) in [5.74, 6) is 0.137. The van der Waals surface area contributed by atoms with Gasteiger partial charge >= 0.3 is 6.09 Å². The molecule has 2 atom stereocenters. The molecule has 0 radical (unpaired) electrons. The number of benzene rings is 2. The zero-order valence-electron chi connectivity index (χ0n) is 23.6. The zero-order chi connectivity index (χ0) is 29.0. The monoisotopic (exact) mass is 598 g/mol. The second-order valence-electron chi connectivity index (χ2n) is 11.4. The van der Waals surface area contributed by atoms with Crippen LogP contribution in [0.2, 0.25) is 10.0 Å². The van der Waals surface area contributed by atoms with Gasteiger partial charge in [-0.15, -0.1) is 0 Å². The minimum absolute atomic E-state index is 0.0331. The second-order valence-corrected chi connectivity index (χ2v) is 14.1. The number of piperidine rings is 1. The van der Waals surface area contributed by atoms with E-state index in [4.69, 9.17) is 23.2 Å². The lowest BCUT2D eigenvalue weighted by Crippen LogP contribution is -2.64. The van der Waals surface area contributed by atoms with Crippen molar-refractivity contribution in [3.05, 3.63) is 63.6 Å². The lowest BCUT2D eigenvalue weighted by molar-refractivity contribution is -0.903. The topological polar surface area (TPSA) is 86.7 Å². The van der Waals surface area contributed by atoms with E-state index in [1.165, 1.54) is 7.05 Å². The van der Waals surface area contributed by atoms with E-state index in [1.807, 2.05) is 52.0 Å². The van der Waals surface area contributed by atoms with Crippen LogP contribution in [0.3, 0.4) is 0 Å². The number of nitrogens with one attached hydrogen (secondary N) is 1. The first-order valence-electron chi connectivity index (χ1n) is 13.6. The van der Waals surface area contributed by atoms with Gasteiger partial charge in [0.05, 0.1) is 28.0 Å². The van der Waals surface area contributed by atoms with Crippen LogP contribution in [0.4, 0.5) is 4.79 Å². The Balaban J connectivity index is 1.78. The highest BCUT2D eigenvalue weighted by Gasteiger charge is 2.48. The van der Waals surface area contributed by atoms with Crippen molar-refractivity contribution in [3.63, 3.8) is 0 Å². The minimum atomic E-state index is -3.52. The highest BCUT2D eigenvalue weighted by molar-refractivity contribution is 7.89. The summed E-state index contributed by atoms with van der Waals surface area (Å²) in [6.07, 6.45) is 1.67. The average molecular weight is 600 g/mol. The first kappa shape index (κ1) is 31.8. The SMILES string of the molecule is CC[N@@+](C[C@@H](CCN1CCC(c2ccccc2S(=O)(=O)NC)CC1)c1ccc(Cl)c(Cl)c1)(C(=O)O)C(C)(C)C. The van der Waals surface area contributed by atoms with Crippen LogP contribution in [-0.2, 0) is 10.0 Å². The number of halogens is 2. The molecule has 0 spiro atoms. The molecule has 1 heterocycles. The highest BCUT2D eigenvalue weighted by atomic mass is 35.5. The van der Waals surface area contributed by atoms with Gasteiger partial charge in [-0.1, -0.05) is 47.5 Å². The minimum Gasteiger partial charge on any atom is -0.435 e. The largest absolute Gasteiger partial charge is 0.513 e. The molecule has 2 aromatic carbocycles. The van der Waals surface area contributed by atoms with Crippen molar-refractivity contribution < 1.29 is 22.8 Å². The highest BCUT2D eigenvalue weighted by Crippen LogP contribution is 2.36. The molecule has 7 nitrogen and oxygen atoms in total. The maximum atomic E-state index is 12.7. The second kappa shape index (κ2) is 12.9. The third-order valence-electron chi connectivity index (χ3n) is 8.44. The lowest BCUT2D eigenvalue weighted by Gasteiger charge is -2.45. The Bertz CT molecular complexity index is 1260. The molecule has 39 heavy (non-hydrogen) atoms. The summed E-state index contributed by atoms with van der Waals surface area (Å²) in [6, 6.07) is 12.9. The van der Waals surface area contributed by atoms with Gasteiger partial charge in [0.15, 0.2) is 0 Å². The summed E-state index contributed by atoms with van der Waals surface area (Å²) in [5.41, 5.74) is 1.37. The molecule has 2 aromatic rings. The van der Waals surface area contributed by atoms with E-state index < -0.39 is 21.7 Å². The van der Waals surface area contributed by atoms with E-state index in [1.54, 1.807) is 18.2 Å². The van der Waals surface area contributed by atoms with Gasteiger partial charge in [-0.05, 0) is 109 Å². The van der Waals surface area contributed by atoms with Gasteiger partial charge < -0.3 is 10.0 Å². The fraction of sp³-hybridized carbons (Fsp3) is 0.552. The standard InChI is InChI=1S/C29H41Cl2N3O4S/c1-6-34(28(35)36,29(2,3)4)20-23(22-11-12-25(30)26(31)19-22)15-18-33-16-13-21(14-17-33)24-9-7-8-10-27(24)39(37,38)32-5/h7-12,19,21,23,32H,6,13-18,20H2,1-5H3/p+1/t23-,34-/m1/s1. The zero-order valence-corrected chi connectivity index (χ0v) is 25.9. The van der Waals surface area contributed by atoms with E-state index in [2.05, 4.69) is 9.62 Å². The summed E-state index contributed by atoms with van der Waals surface area (Å²) in [7, 11) is -2.08. The van der Waals surface area contributed by atoms with Crippen molar-refractivity contribution in [3.8, 4) is 0 Å². The Kier molecular flexibility index (Phi) is 10.5. The van der Waals surface area contributed by atoms with Crippen LogP contribution in [0, 0.1) is 0 Å². The van der Waals surface area contributed by atoms with Crippen LogP contribution in [0.5, 0.6) is 0 Å². The number of hydrogen-bond donors (Lipinski definition) is 2. The molecule has 3 rings (SSSR count). The van der Waals surface area contributed by atoms with Crippen LogP contribution in [-0.4, -0.2) is 74.3 Å². The van der Waals surface area contributed by atoms with E-state index in [0.717, 1.165) is 50.0 Å². The van der Waals surface area contributed by atoms with E-state index in [0.29, 0.717) is 28.0 Å². The van der Waals surface area contributed by atoms with Crippen molar-refractivity contribution in [1.82, 2.24) is 9.62 Å². The molecule has 0 aromatic heterocycles. The Morgan fingerprint density at radius 2 is 1.77 bits per heavy atom. The number of rotatable bonds is 10. The molecule has 1 saturated heterocycles. The summed E-state index contributed by atoms with van der Waals surface area (Å²) >= 11 is 12.6. The van der Waals surface area contributed by atoms with Crippen molar-refractivity contribution in [2.24, 2.45) is 0 Å². The molecule has 0 unspecified atom stereocenters. The number of amides is 1. The molecular formula is C29H42Cl2N3O4S+. The lowest BCUT2D eigenvalue weighted by atomic mass is 9.88. The van der Waals surface area contributed by atoms with Gasteiger partial charge in [0.2, 0.25) is 10.0 Å². The maximum Gasteiger partial charge on any atom is 0.513 e. The summed E-state index contributed by atoms with van der Waals surface area (Å²) in [6.45, 7) is 11.3. The van der Waals surface area contributed by atoms with E-state index in [9.17, 15) is 18.3 Å². The fourth-order valence-electron chi connectivity index (χ4n) is 5.86. The van der Waals surface area contributed by atoms with Crippen molar-refractivity contribution in [2.75, 3.05) is 39.8 Å². The van der Waals surface area contributed by atoms with Gasteiger partial charge in [-0.25, -0.2) is 17.6 Å². The number of sulfonamides is 1. The molecule has 0 saturated carbocycles. The number of carboxylic acid groups (broad SMARTS) is 1. The van der Waals surface area contributed by atoms with Crippen LogP contribution < -0.4 is 4.72 Å². The van der Waals surface area contributed by atoms with Crippen molar-refractivity contribution in [2.45, 2.75) is 69.2 Å². The number of nitrogens with zero attached hydrogens (tertiary/aromatic N) is 2. The normalized spacial score (nSPS) is 18.0. The summed E-state index contributed by atoms with van der Waals surface area (Å²) in [4.78, 5) is 15.4. The number of likely N-dealkylation sites (tertiary alicyclic amines) is 1. The molecule has 0 aliphatic carbocycles. The van der Waals surface area contributed by atoms with Crippen LogP contribution in [0.1, 0.15) is 69.9 Å². The van der Waals surface area contributed by atoms with Gasteiger partial charge in [-0.2, -0.15) is 4.79 Å². The molecular weight excluding hydrogens is 557 g/mol. The van der Waals surface area contributed by atoms with Gasteiger partial charge in [0, 0.05) is 5.92 Å². The molecule has 1 aliphatic heterocycles. The summed E-state index contributed by atoms with van der Waals surface area (Å²) in [5, 5.41) is 11.3. The van der Waals surface area contributed by atoms with Gasteiger partial charge in [0.1, 0.15) is 5.54 Å². The maximum absolute atomic E-state index is 12.7. The summed E-state index contributed by atoms with van der Waals surface area (Å²) < 4.78 is 27.5. The first-order chi connectivity index (χ1) is 18.3.